The highest BCUT2D eigenvalue weighted by Crippen LogP contribution is 2.68. The van der Waals surface area contributed by atoms with E-state index >= 15 is 0 Å². The third-order valence-corrected chi connectivity index (χ3v) is 8.23. The molecule has 2 aliphatic heterocycles. The number of hydrogen-bond acceptors (Lipinski definition) is 5. The quantitative estimate of drug-likeness (QED) is 0.516. The van der Waals surface area contributed by atoms with E-state index in [-0.39, 0.29) is 5.92 Å². The average Bonchev–Trinajstić information content (AvgIpc) is 3.54. The van der Waals surface area contributed by atoms with Gasteiger partial charge in [-0.3, -0.25) is 4.90 Å². The van der Waals surface area contributed by atoms with Gasteiger partial charge in [-0.1, -0.05) is 60.1 Å². The van der Waals surface area contributed by atoms with Crippen LogP contribution in [-0.4, -0.2) is 47.5 Å². The lowest BCUT2D eigenvalue weighted by Gasteiger charge is -2.41. The molecule has 2 fully saturated rings. The number of rotatable bonds is 6. The van der Waals surface area contributed by atoms with Crippen LogP contribution in [0.15, 0.2) is 72.8 Å². The van der Waals surface area contributed by atoms with Crippen molar-refractivity contribution in [3.05, 3.63) is 94.5 Å². The van der Waals surface area contributed by atoms with Crippen LogP contribution in [0, 0.1) is 0 Å². The topological polar surface area (TPSA) is 62.2 Å². The number of halogens is 1. The SMILES string of the molecule is OC1CC(c2ccccc2)C2(c3ccc(Cl)cc3)Oc3cccc(OCCN4CCCC4)c3C12O. The monoisotopic (exact) mass is 491 g/mol. The molecule has 6 heteroatoms. The molecule has 3 aliphatic rings. The Bertz CT molecular complexity index is 1200. The predicted octanol–water partition coefficient (Wildman–Crippen LogP) is 4.84. The average molecular weight is 492 g/mol. The van der Waals surface area contributed by atoms with Gasteiger partial charge in [0.05, 0.1) is 11.7 Å². The highest BCUT2D eigenvalue weighted by Gasteiger charge is 2.73. The van der Waals surface area contributed by atoms with Crippen molar-refractivity contribution in [1.29, 1.82) is 0 Å². The van der Waals surface area contributed by atoms with Gasteiger partial charge < -0.3 is 19.7 Å². The Morgan fingerprint density at radius 3 is 2.46 bits per heavy atom. The van der Waals surface area contributed by atoms with E-state index < -0.39 is 17.3 Å². The van der Waals surface area contributed by atoms with Gasteiger partial charge in [0.2, 0.25) is 0 Å². The lowest BCUT2D eigenvalue weighted by molar-refractivity contribution is -0.150. The number of likely N-dealkylation sites (tertiary alicyclic amines) is 1. The molecule has 2 heterocycles. The maximum absolute atomic E-state index is 12.5. The fourth-order valence-corrected chi connectivity index (χ4v) is 6.49. The Labute approximate surface area is 210 Å². The van der Waals surface area contributed by atoms with Gasteiger partial charge in [0.15, 0.2) is 11.2 Å². The summed E-state index contributed by atoms with van der Waals surface area (Å²) in [4.78, 5) is 2.39. The molecule has 1 saturated carbocycles. The lowest BCUT2D eigenvalue weighted by atomic mass is 9.71. The van der Waals surface area contributed by atoms with Crippen LogP contribution in [0.2, 0.25) is 5.02 Å². The van der Waals surface area contributed by atoms with Crippen LogP contribution < -0.4 is 9.47 Å². The second kappa shape index (κ2) is 8.82. The van der Waals surface area contributed by atoms with E-state index in [1.807, 2.05) is 60.7 Å². The zero-order chi connectivity index (χ0) is 24.0. The van der Waals surface area contributed by atoms with Gasteiger partial charge in [-0.2, -0.15) is 0 Å². The molecular formula is C29H30ClNO4. The second-order valence-electron chi connectivity index (χ2n) is 9.85. The maximum atomic E-state index is 12.5. The number of benzene rings is 3. The third-order valence-electron chi connectivity index (χ3n) is 7.98. The van der Waals surface area contributed by atoms with E-state index in [2.05, 4.69) is 4.90 Å². The summed E-state index contributed by atoms with van der Waals surface area (Å²) in [6, 6.07) is 23.0. The third kappa shape index (κ3) is 3.48. The highest BCUT2D eigenvalue weighted by atomic mass is 35.5. The van der Waals surface area contributed by atoms with E-state index in [1.54, 1.807) is 12.1 Å². The molecule has 1 saturated heterocycles. The summed E-state index contributed by atoms with van der Waals surface area (Å²) in [7, 11) is 0. The molecule has 0 amide bonds. The minimum Gasteiger partial charge on any atom is -0.492 e. The Morgan fingerprint density at radius 2 is 1.71 bits per heavy atom. The van der Waals surface area contributed by atoms with Crippen molar-refractivity contribution in [1.82, 2.24) is 4.90 Å². The first kappa shape index (κ1) is 22.9. The van der Waals surface area contributed by atoms with Gasteiger partial charge >= 0.3 is 0 Å². The summed E-state index contributed by atoms with van der Waals surface area (Å²) in [5.41, 5.74) is -0.617. The molecule has 35 heavy (non-hydrogen) atoms. The maximum Gasteiger partial charge on any atom is 0.176 e. The van der Waals surface area contributed by atoms with Crippen LogP contribution in [0.1, 0.15) is 41.9 Å². The summed E-state index contributed by atoms with van der Waals surface area (Å²) < 4.78 is 13.0. The molecule has 0 radical (unpaired) electrons. The van der Waals surface area contributed by atoms with E-state index in [9.17, 15) is 10.2 Å². The van der Waals surface area contributed by atoms with Crippen LogP contribution in [0.3, 0.4) is 0 Å². The van der Waals surface area contributed by atoms with Crippen LogP contribution >= 0.6 is 11.6 Å². The van der Waals surface area contributed by atoms with Crippen LogP contribution in [0.25, 0.3) is 0 Å². The largest absolute Gasteiger partial charge is 0.492 e. The zero-order valence-corrected chi connectivity index (χ0v) is 20.3. The van der Waals surface area contributed by atoms with Crippen molar-refractivity contribution in [2.75, 3.05) is 26.2 Å². The fraction of sp³-hybridized carbons (Fsp3) is 0.379. The number of hydrogen-bond donors (Lipinski definition) is 2. The standard InChI is InChI=1S/C29H30ClNO4/c30-22-13-11-21(12-14-22)29-23(20-7-2-1-3-8-20)19-26(32)28(29,33)27-24(9-6-10-25(27)35-29)34-18-17-31-15-4-5-16-31/h1-3,6-14,23,26,32-33H,4-5,15-19H2. The van der Waals surface area contributed by atoms with Crippen molar-refractivity contribution in [2.24, 2.45) is 0 Å². The van der Waals surface area contributed by atoms with Gasteiger partial charge in [-0.15, -0.1) is 0 Å². The van der Waals surface area contributed by atoms with Gasteiger partial charge in [-0.25, -0.2) is 0 Å². The number of ether oxygens (including phenoxy) is 2. The molecule has 0 bridgehead atoms. The van der Waals surface area contributed by atoms with Crippen LogP contribution in [0.5, 0.6) is 11.5 Å². The van der Waals surface area contributed by atoms with Gasteiger partial charge in [0.25, 0.3) is 0 Å². The van der Waals surface area contributed by atoms with Gasteiger partial charge in [-0.05, 0) is 67.7 Å². The molecular weight excluding hydrogens is 462 g/mol. The number of nitrogens with zero attached hydrogens (tertiary/aromatic N) is 1. The van der Waals surface area contributed by atoms with Crippen molar-refractivity contribution in [3.63, 3.8) is 0 Å². The minimum absolute atomic E-state index is 0.283. The van der Waals surface area contributed by atoms with Gasteiger partial charge in [0.1, 0.15) is 18.1 Å². The van der Waals surface area contributed by atoms with E-state index in [1.165, 1.54) is 12.8 Å². The number of aliphatic hydroxyl groups excluding tert-OH is 1. The summed E-state index contributed by atoms with van der Waals surface area (Å²) in [6.07, 6.45) is 1.76. The normalized spacial score (nSPS) is 29.6. The first-order valence-electron chi connectivity index (χ1n) is 12.4. The summed E-state index contributed by atoms with van der Waals surface area (Å²) >= 11 is 6.22. The van der Waals surface area contributed by atoms with Crippen molar-refractivity contribution >= 4 is 11.6 Å². The van der Waals surface area contributed by atoms with Crippen LogP contribution in [-0.2, 0) is 11.2 Å². The second-order valence-corrected chi connectivity index (χ2v) is 10.3. The first-order valence-corrected chi connectivity index (χ1v) is 12.8. The van der Waals surface area contributed by atoms with Gasteiger partial charge in [0, 0.05) is 17.5 Å². The Kier molecular flexibility index (Phi) is 5.76. The molecule has 4 unspecified atom stereocenters. The zero-order valence-electron chi connectivity index (χ0n) is 19.6. The molecule has 0 aromatic heterocycles. The molecule has 0 spiro atoms. The fourth-order valence-electron chi connectivity index (χ4n) is 6.36. The summed E-state index contributed by atoms with van der Waals surface area (Å²) in [5, 5.41) is 24.7. The molecule has 6 rings (SSSR count). The molecule has 2 N–H and O–H groups in total. The first-order chi connectivity index (χ1) is 17.0. The summed E-state index contributed by atoms with van der Waals surface area (Å²) in [5.74, 6) is 0.823. The van der Waals surface area contributed by atoms with E-state index in [0.717, 1.165) is 30.8 Å². The summed E-state index contributed by atoms with van der Waals surface area (Å²) in [6.45, 7) is 3.54. The highest BCUT2D eigenvalue weighted by molar-refractivity contribution is 6.30. The number of fused-ring (bicyclic) bond motifs is 3. The Hall–Kier alpha value is -2.57. The van der Waals surface area contributed by atoms with E-state index in [4.69, 9.17) is 21.1 Å². The molecule has 3 aromatic carbocycles. The minimum atomic E-state index is -1.69. The molecule has 4 atom stereocenters. The van der Waals surface area contributed by atoms with Crippen molar-refractivity contribution < 1.29 is 19.7 Å². The van der Waals surface area contributed by atoms with Crippen LogP contribution in [0.4, 0.5) is 0 Å². The van der Waals surface area contributed by atoms with E-state index in [0.29, 0.717) is 35.1 Å². The Balaban J connectivity index is 1.45. The molecule has 182 valence electrons. The molecule has 3 aromatic rings. The molecule has 1 aliphatic carbocycles. The predicted molar refractivity (Wildman–Crippen MR) is 135 cm³/mol. The lowest BCUT2D eigenvalue weighted by Crippen LogP contribution is -2.52. The number of aliphatic hydroxyl groups is 2. The smallest absolute Gasteiger partial charge is 0.176 e. The van der Waals surface area contributed by atoms with Crippen molar-refractivity contribution in [2.45, 2.75) is 42.5 Å². The van der Waals surface area contributed by atoms with Crippen molar-refractivity contribution in [3.8, 4) is 11.5 Å². The molecule has 5 nitrogen and oxygen atoms in total. The Morgan fingerprint density at radius 1 is 0.971 bits per heavy atom.